The zero-order valence-electron chi connectivity index (χ0n) is 33.6. The third-order valence-electron chi connectivity index (χ3n) is 11.2. The molecule has 0 radical (unpaired) electrons. The number of rotatable bonds is 10. The van der Waals surface area contributed by atoms with E-state index in [1.165, 1.54) is 0 Å². The molecule has 0 bridgehead atoms. The number of anilines is 1. The number of fused-ring (bicyclic) bond motifs is 4. The molecule has 1 atom stereocenters. The summed E-state index contributed by atoms with van der Waals surface area (Å²) in [6.07, 6.45) is 2.65. The summed E-state index contributed by atoms with van der Waals surface area (Å²) in [6.45, 7) is 14.6. The van der Waals surface area contributed by atoms with Crippen molar-refractivity contribution in [3.8, 4) is 16.9 Å². The average molecular weight is 816 g/mol. The number of amides is 1. The van der Waals surface area contributed by atoms with Crippen LogP contribution in [0.2, 0.25) is 10.0 Å². The highest BCUT2D eigenvalue weighted by Crippen LogP contribution is 2.46. The highest BCUT2D eigenvalue weighted by Gasteiger charge is 2.40. The van der Waals surface area contributed by atoms with Gasteiger partial charge in [-0.2, -0.15) is 0 Å². The standard InChI is InChI=1S/C46H44Cl2N6O4/c1-24-13-16-37-35(18-24)42(44(46(56)57)52(37)22-31-11-8-10-27(4)51-31)53-21-28(5)54-41-34(14-15-36(47)39(41)38-29(6)49-23-50-30(38)7)33(43(54)45(53)55)12-9-17-58-32-19-25(2)40(48)26(3)20-32/h8,10-11,13-16,18-20,23,28H,9,12,17,21-22H2,1-7H3,(H,56,57)/t28-/m1/s1. The minimum Gasteiger partial charge on any atom is -0.494 e. The second-order valence-corrected chi connectivity index (χ2v) is 16.2. The molecule has 3 aromatic carbocycles. The second kappa shape index (κ2) is 15.2. The fourth-order valence-electron chi connectivity index (χ4n) is 8.70. The molecule has 1 amide bonds. The summed E-state index contributed by atoms with van der Waals surface area (Å²) in [4.78, 5) is 44.4. The van der Waals surface area contributed by atoms with Crippen LogP contribution in [0, 0.1) is 41.5 Å². The van der Waals surface area contributed by atoms with Crippen molar-refractivity contribution in [2.24, 2.45) is 0 Å². The summed E-state index contributed by atoms with van der Waals surface area (Å²) in [6, 6.07) is 19.0. The van der Waals surface area contributed by atoms with Crippen LogP contribution in [0.15, 0.2) is 67.0 Å². The lowest BCUT2D eigenvalue weighted by atomic mass is 9.97. The van der Waals surface area contributed by atoms with E-state index in [4.69, 9.17) is 32.9 Å². The first-order valence-electron chi connectivity index (χ1n) is 19.4. The Morgan fingerprint density at radius 1 is 0.914 bits per heavy atom. The van der Waals surface area contributed by atoms with Crippen molar-refractivity contribution in [1.29, 1.82) is 0 Å². The molecule has 1 N–H and O–H groups in total. The van der Waals surface area contributed by atoms with Crippen molar-refractivity contribution in [2.45, 2.75) is 73.9 Å². The maximum Gasteiger partial charge on any atom is 0.354 e. The lowest BCUT2D eigenvalue weighted by Crippen LogP contribution is -2.43. The molecule has 7 aromatic rings. The first kappa shape index (κ1) is 39.1. The number of carbonyl (C=O) groups excluding carboxylic acids is 1. The maximum absolute atomic E-state index is 15.5. The van der Waals surface area contributed by atoms with Gasteiger partial charge in [0.2, 0.25) is 0 Å². The molecular formula is C46H44Cl2N6O4. The van der Waals surface area contributed by atoms with Gasteiger partial charge in [-0.05, 0) is 120 Å². The van der Waals surface area contributed by atoms with Gasteiger partial charge in [-0.3, -0.25) is 9.78 Å². The summed E-state index contributed by atoms with van der Waals surface area (Å²) >= 11 is 13.6. The molecule has 0 spiro atoms. The summed E-state index contributed by atoms with van der Waals surface area (Å²) < 4.78 is 10.1. The van der Waals surface area contributed by atoms with Gasteiger partial charge < -0.3 is 23.9 Å². The third-order valence-corrected chi connectivity index (χ3v) is 12.1. The minimum atomic E-state index is -1.13. The number of pyridine rings is 1. The van der Waals surface area contributed by atoms with Gasteiger partial charge in [-0.25, -0.2) is 14.8 Å². The van der Waals surface area contributed by atoms with E-state index in [0.29, 0.717) is 46.8 Å². The van der Waals surface area contributed by atoms with E-state index in [9.17, 15) is 9.90 Å². The predicted molar refractivity (Wildman–Crippen MR) is 230 cm³/mol. The molecule has 296 valence electrons. The van der Waals surface area contributed by atoms with E-state index in [-0.39, 0.29) is 30.7 Å². The van der Waals surface area contributed by atoms with Gasteiger partial charge in [-0.1, -0.05) is 47.0 Å². The molecule has 12 heteroatoms. The van der Waals surface area contributed by atoms with Gasteiger partial charge in [0.25, 0.3) is 5.91 Å². The fourth-order valence-corrected chi connectivity index (χ4v) is 9.05. The maximum atomic E-state index is 15.5. The SMILES string of the molecule is Cc1ccc2c(c1)c(N1C[C@@H](C)n3c(c(CCCOc4cc(C)c(Cl)c(C)c4)c4ccc(Cl)c(-c5c(C)ncnc5C)c43)C1=O)c(C(=O)O)n2Cc1cccc(C)n1. The summed E-state index contributed by atoms with van der Waals surface area (Å²) in [5, 5.41) is 13.8. The highest BCUT2D eigenvalue weighted by atomic mass is 35.5. The second-order valence-electron chi connectivity index (χ2n) is 15.4. The Bertz CT molecular complexity index is 2780. The summed E-state index contributed by atoms with van der Waals surface area (Å²) in [5.41, 5.74) is 10.8. The fraction of sp³-hybridized carbons (Fsp3) is 0.283. The zero-order chi connectivity index (χ0) is 41.2. The van der Waals surface area contributed by atoms with Crippen molar-refractivity contribution in [3.05, 3.63) is 133 Å². The van der Waals surface area contributed by atoms with Gasteiger partial charge in [0.15, 0.2) is 5.69 Å². The molecule has 8 rings (SSSR count). The number of nitrogens with zero attached hydrogens (tertiary/aromatic N) is 6. The van der Waals surface area contributed by atoms with Gasteiger partial charge >= 0.3 is 5.97 Å². The Morgan fingerprint density at radius 3 is 2.33 bits per heavy atom. The van der Waals surface area contributed by atoms with Crippen LogP contribution in [-0.4, -0.2) is 54.2 Å². The number of carboxylic acid groups (broad SMARTS) is 1. The number of ether oxygens (including phenoxy) is 1. The Labute approximate surface area is 347 Å². The van der Waals surface area contributed by atoms with Gasteiger partial charge in [0.1, 0.15) is 17.8 Å². The van der Waals surface area contributed by atoms with Crippen LogP contribution in [0.3, 0.4) is 0 Å². The van der Waals surface area contributed by atoms with Crippen LogP contribution in [0.25, 0.3) is 32.9 Å². The number of aromatic carboxylic acids is 1. The number of carboxylic acids is 1. The van der Waals surface area contributed by atoms with Gasteiger partial charge in [0.05, 0.1) is 40.6 Å². The molecule has 0 saturated heterocycles. The first-order valence-corrected chi connectivity index (χ1v) is 20.1. The van der Waals surface area contributed by atoms with E-state index in [1.54, 1.807) is 15.8 Å². The topological polar surface area (TPSA) is 115 Å². The van der Waals surface area contributed by atoms with E-state index in [2.05, 4.69) is 21.5 Å². The average Bonchev–Trinajstić information content (AvgIpc) is 3.67. The van der Waals surface area contributed by atoms with Crippen molar-refractivity contribution >= 4 is 62.6 Å². The predicted octanol–water partition coefficient (Wildman–Crippen LogP) is 10.6. The van der Waals surface area contributed by atoms with Crippen LogP contribution in [-0.2, 0) is 13.0 Å². The Hall–Kier alpha value is -5.71. The monoisotopic (exact) mass is 814 g/mol. The molecule has 58 heavy (non-hydrogen) atoms. The van der Waals surface area contributed by atoms with Gasteiger partial charge in [-0.15, -0.1) is 0 Å². The molecule has 1 aliphatic heterocycles. The summed E-state index contributed by atoms with van der Waals surface area (Å²) in [7, 11) is 0. The van der Waals surface area contributed by atoms with Crippen molar-refractivity contribution in [1.82, 2.24) is 24.1 Å². The largest absolute Gasteiger partial charge is 0.494 e. The highest BCUT2D eigenvalue weighted by molar-refractivity contribution is 6.35. The van der Waals surface area contributed by atoms with Crippen molar-refractivity contribution in [3.63, 3.8) is 0 Å². The van der Waals surface area contributed by atoms with Gasteiger partial charge in [0, 0.05) is 56.6 Å². The zero-order valence-corrected chi connectivity index (χ0v) is 35.1. The molecular weight excluding hydrogens is 771 g/mol. The number of hydrogen-bond acceptors (Lipinski definition) is 6. The number of carbonyl (C=O) groups is 2. The normalized spacial score (nSPS) is 14.1. The quantitative estimate of drug-likeness (QED) is 0.137. The van der Waals surface area contributed by atoms with Crippen LogP contribution in [0.4, 0.5) is 5.69 Å². The van der Waals surface area contributed by atoms with E-state index < -0.39 is 5.97 Å². The molecule has 0 aliphatic carbocycles. The lowest BCUT2D eigenvalue weighted by Gasteiger charge is -2.34. The molecule has 0 fully saturated rings. The number of benzene rings is 3. The molecule has 4 aromatic heterocycles. The minimum absolute atomic E-state index is 0.0361. The Kier molecular flexibility index (Phi) is 10.3. The first-order chi connectivity index (χ1) is 27.7. The van der Waals surface area contributed by atoms with Crippen molar-refractivity contribution in [2.75, 3.05) is 18.1 Å². The van der Waals surface area contributed by atoms with Crippen LogP contribution < -0.4 is 9.64 Å². The van der Waals surface area contributed by atoms with E-state index in [0.717, 1.165) is 77.8 Å². The summed E-state index contributed by atoms with van der Waals surface area (Å²) in [5.74, 6) is -0.681. The molecule has 5 heterocycles. The van der Waals surface area contributed by atoms with Crippen molar-refractivity contribution < 1.29 is 19.4 Å². The van der Waals surface area contributed by atoms with E-state index in [1.807, 2.05) is 102 Å². The van der Waals surface area contributed by atoms with E-state index >= 15 is 4.79 Å². The molecule has 10 nitrogen and oxygen atoms in total. The third kappa shape index (κ3) is 6.68. The Balaban J connectivity index is 1.31. The molecule has 0 saturated carbocycles. The molecule has 1 aliphatic rings. The van der Waals surface area contributed by atoms with Crippen LogP contribution in [0.1, 0.15) is 85.4 Å². The number of hydrogen-bond donors (Lipinski definition) is 1. The smallest absolute Gasteiger partial charge is 0.354 e. The van der Waals surface area contributed by atoms with Crippen LogP contribution >= 0.6 is 23.2 Å². The number of halogens is 2. The molecule has 0 unspecified atom stereocenters. The van der Waals surface area contributed by atoms with Crippen LogP contribution in [0.5, 0.6) is 5.75 Å². The lowest BCUT2D eigenvalue weighted by molar-refractivity contribution is 0.0687. The number of aromatic nitrogens is 5. The number of aryl methyl sites for hydroxylation is 7. The Morgan fingerprint density at radius 2 is 1.64 bits per heavy atom.